The Balaban J connectivity index is 1.39. The Hall–Kier alpha value is -0.120. The van der Waals surface area contributed by atoms with Crippen molar-refractivity contribution in [1.29, 1.82) is 0 Å². The number of nitrogens with one attached hydrogen (secondary N) is 1. The van der Waals surface area contributed by atoms with Gasteiger partial charge in [0.25, 0.3) is 0 Å². The monoisotopic (exact) mass is 252 g/mol. The SMILES string of the molecule is C1CCC(CN2CCC(C3CCCN3)CC2)OC1. The number of hydrogen-bond acceptors (Lipinski definition) is 3. The molecule has 0 amide bonds. The lowest BCUT2D eigenvalue weighted by molar-refractivity contribution is -0.0121. The first-order chi connectivity index (χ1) is 8.92. The van der Waals surface area contributed by atoms with Crippen molar-refractivity contribution in [3.63, 3.8) is 0 Å². The first-order valence-corrected chi connectivity index (χ1v) is 7.99. The third kappa shape index (κ3) is 3.25. The zero-order valence-corrected chi connectivity index (χ0v) is 11.6. The van der Waals surface area contributed by atoms with Crippen LogP contribution < -0.4 is 5.32 Å². The molecule has 0 aromatic rings. The van der Waals surface area contributed by atoms with Gasteiger partial charge in [0.05, 0.1) is 6.10 Å². The summed E-state index contributed by atoms with van der Waals surface area (Å²) in [6, 6.07) is 0.832. The molecule has 2 atom stereocenters. The van der Waals surface area contributed by atoms with Crippen LogP contribution in [-0.4, -0.2) is 49.8 Å². The molecule has 3 heteroatoms. The van der Waals surface area contributed by atoms with E-state index in [-0.39, 0.29) is 0 Å². The summed E-state index contributed by atoms with van der Waals surface area (Å²) >= 11 is 0. The molecule has 3 fully saturated rings. The summed E-state index contributed by atoms with van der Waals surface area (Å²) in [5.41, 5.74) is 0. The molecule has 3 rings (SSSR count). The van der Waals surface area contributed by atoms with Crippen LogP contribution in [0.2, 0.25) is 0 Å². The molecule has 18 heavy (non-hydrogen) atoms. The molecule has 3 aliphatic rings. The topological polar surface area (TPSA) is 24.5 Å². The van der Waals surface area contributed by atoms with E-state index in [1.807, 2.05) is 0 Å². The van der Waals surface area contributed by atoms with Crippen molar-refractivity contribution < 1.29 is 4.74 Å². The quantitative estimate of drug-likeness (QED) is 0.831. The number of ether oxygens (including phenoxy) is 1. The highest BCUT2D eigenvalue weighted by Crippen LogP contribution is 2.26. The molecule has 3 heterocycles. The standard InChI is InChI=1S/C15H28N2O/c1-2-11-18-14(4-1)12-17-9-6-13(7-10-17)15-5-3-8-16-15/h13-16H,1-12H2. The van der Waals surface area contributed by atoms with Crippen LogP contribution in [0.1, 0.15) is 44.9 Å². The van der Waals surface area contributed by atoms with Crippen LogP contribution in [0.15, 0.2) is 0 Å². The highest BCUT2D eigenvalue weighted by atomic mass is 16.5. The van der Waals surface area contributed by atoms with Crippen LogP contribution in [0.3, 0.4) is 0 Å². The Kier molecular flexibility index (Phi) is 4.55. The van der Waals surface area contributed by atoms with Crippen LogP contribution in [0.4, 0.5) is 0 Å². The molecule has 2 unspecified atom stereocenters. The molecule has 0 aromatic heterocycles. The van der Waals surface area contributed by atoms with Crippen molar-refractivity contribution in [1.82, 2.24) is 10.2 Å². The fourth-order valence-corrected chi connectivity index (χ4v) is 3.89. The fourth-order valence-electron chi connectivity index (χ4n) is 3.89. The summed E-state index contributed by atoms with van der Waals surface area (Å²) in [6.07, 6.45) is 10.0. The molecule has 0 radical (unpaired) electrons. The number of nitrogens with zero attached hydrogens (tertiary/aromatic N) is 1. The summed E-state index contributed by atoms with van der Waals surface area (Å²) in [7, 11) is 0. The molecule has 0 bridgehead atoms. The van der Waals surface area contributed by atoms with Gasteiger partial charge in [-0.3, -0.25) is 0 Å². The molecule has 0 saturated carbocycles. The number of likely N-dealkylation sites (tertiary alicyclic amines) is 1. The van der Waals surface area contributed by atoms with Gasteiger partial charge in [-0.1, -0.05) is 0 Å². The van der Waals surface area contributed by atoms with Crippen LogP contribution in [0.25, 0.3) is 0 Å². The molecular weight excluding hydrogens is 224 g/mol. The zero-order valence-electron chi connectivity index (χ0n) is 11.6. The second-order valence-corrected chi connectivity index (χ2v) is 6.33. The molecule has 1 N–H and O–H groups in total. The molecular formula is C15H28N2O. The predicted molar refractivity (Wildman–Crippen MR) is 73.8 cm³/mol. The van der Waals surface area contributed by atoms with Crippen LogP contribution in [-0.2, 0) is 4.74 Å². The van der Waals surface area contributed by atoms with Crippen molar-refractivity contribution >= 4 is 0 Å². The first kappa shape index (κ1) is 12.9. The second kappa shape index (κ2) is 6.36. The van der Waals surface area contributed by atoms with E-state index in [0.717, 1.165) is 18.6 Å². The molecule has 104 valence electrons. The minimum atomic E-state index is 0.528. The minimum Gasteiger partial charge on any atom is -0.377 e. The Morgan fingerprint density at radius 3 is 2.56 bits per heavy atom. The Morgan fingerprint density at radius 2 is 1.89 bits per heavy atom. The van der Waals surface area contributed by atoms with Gasteiger partial charge in [0.15, 0.2) is 0 Å². The van der Waals surface area contributed by atoms with E-state index in [2.05, 4.69) is 10.2 Å². The van der Waals surface area contributed by atoms with Crippen molar-refractivity contribution in [3.8, 4) is 0 Å². The smallest absolute Gasteiger partial charge is 0.0702 e. The Morgan fingerprint density at radius 1 is 1.00 bits per heavy atom. The van der Waals surface area contributed by atoms with E-state index in [1.54, 1.807) is 0 Å². The highest BCUT2D eigenvalue weighted by Gasteiger charge is 2.29. The summed E-state index contributed by atoms with van der Waals surface area (Å²) in [6.45, 7) is 6.02. The van der Waals surface area contributed by atoms with E-state index in [4.69, 9.17) is 4.74 Å². The summed E-state index contributed by atoms with van der Waals surface area (Å²) < 4.78 is 5.85. The van der Waals surface area contributed by atoms with Gasteiger partial charge < -0.3 is 15.0 Å². The normalized spacial score (nSPS) is 36.0. The van der Waals surface area contributed by atoms with E-state index >= 15 is 0 Å². The van der Waals surface area contributed by atoms with E-state index in [1.165, 1.54) is 71.1 Å². The average molecular weight is 252 g/mol. The molecule has 3 aliphatic heterocycles. The van der Waals surface area contributed by atoms with Gasteiger partial charge in [0, 0.05) is 19.2 Å². The van der Waals surface area contributed by atoms with Crippen LogP contribution in [0.5, 0.6) is 0 Å². The van der Waals surface area contributed by atoms with E-state index in [9.17, 15) is 0 Å². The van der Waals surface area contributed by atoms with Gasteiger partial charge in [-0.05, 0) is 70.5 Å². The largest absolute Gasteiger partial charge is 0.377 e. The van der Waals surface area contributed by atoms with Gasteiger partial charge in [-0.2, -0.15) is 0 Å². The zero-order chi connectivity index (χ0) is 12.2. The maximum absolute atomic E-state index is 5.85. The maximum Gasteiger partial charge on any atom is 0.0702 e. The summed E-state index contributed by atoms with van der Waals surface area (Å²) in [5, 5.41) is 3.68. The molecule has 0 spiro atoms. The lowest BCUT2D eigenvalue weighted by Crippen LogP contribution is -2.44. The molecule has 3 nitrogen and oxygen atoms in total. The van der Waals surface area contributed by atoms with E-state index < -0.39 is 0 Å². The lowest BCUT2D eigenvalue weighted by atomic mass is 9.88. The third-order valence-electron chi connectivity index (χ3n) is 5.04. The van der Waals surface area contributed by atoms with Gasteiger partial charge in [-0.25, -0.2) is 0 Å². The Labute approximate surface area is 111 Å². The highest BCUT2D eigenvalue weighted by molar-refractivity contribution is 4.86. The molecule has 3 saturated heterocycles. The van der Waals surface area contributed by atoms with Crippen molar-refractivity contribution in [2.75, 3.05) is 32.8 Å². The van der Waals surface area contributed by atoms with Gasteiger partial charge >= 0.3 is 0 Å². The average Bonchev–Trinajstić information content (AvgIpc) is 2.95. The van der Waals surface area contributed by atoms with Gasteiger partial charge in [-0.15, -0.1) is 0 Å². The van der Waals surface area contributed by atoms with E-state index in [0.29, 0.717) is 6.10 Å². The number of rotatable bonds is 3. The van der Waals surface area contributed by atoms with Crippen molar-refractivity contribution in [2.24, 2.45) is 5.92 Å². The first-order valence-electron chi connectivity index (χ1n) is 7.99. The molecule has 0 aromatic carbocycles. The summed E-state index contributed by atoms with van der Waals surface area (Å²) in [5.74, 6) is 0.941. The van der Waals surface area contributed by atoms with Crippen molar-refractivity contribution in [3.05, 3.63) is 0 Å². The van der Waals surface area contributed by atoms with Gasteiger partial charge in [0.1, 0.15) is 0 Å². The molecule has 0 aliphatic carbocycles. The van der Waals surface area contributed by atoms with Gasteiger partial charge in [0.2, 0.25) is 0 Å². The number of piperidine rings is 1. The maximum atomic E-state index is 5.85. The fraction of sp³-hybridized carbons (Fsp3) is 1.00. The van der Waals surface area contributed by atoms with Crippen LogP contribution >= 0.6 is 0 Å². The third-order valence-corrected chi connectivity index (χ3v) is 5.04. The minimum absolute atomic E-state index is 0.528. The lowest BCUT2D eigenvalue weighted by Gasteiger charge is -2.37. The second-order valence-electron chi connectivity index (χ2n) is 6.33. The predicted octanol–water partition coefficient (Wildman–Crippen LogP) is 2.02. The van der Waals surface area contributed by atoms with Crippen LogP contribution in [0, 0.1) is 5.92 Å². The number of hydrogen-bond donors (Lipinski definition) is 1. The summed E-state index contributed by atoms with van der Waals surface area (Å²) in [4.78, 5) is 2.64. The Bertz CT molecular complexity index is 239. The van der Waals surface area contributed by atoms with Crippen molar-refractivity contribution in [2.45, 2.75) is 57.1 Å².